The average Bonchev–Trinajstić information content (AvgIpc) is 3.18. The van der Waals surface area contributed by atoms with Crippen molar-refractivity contribution < 1.29 is 14.6 Å². The topological polar surface area (TPSA) is 65.0 Å². The minimum atomic E-state index is -0.561. The Balaban J connectivity index is 1.32. The van der Waals surface area contributed by atoms with Crippen LogP contribution in [0.3, 0.4) is 0 Å². The smallest absolute Gasteiger partial charge is 0.229 e. The summed E-state index contributed by atoms with van der Waals surface area (Å²) in [5.74, 6) is 1.30. The van der Waals surface area contributed by atoms with Crippen LogP contribution in [0.1, 0.15) is 56.7 Å². The second-order valence-corrected chi connectivity index (χ2v) is 11.6. The quantitative estimate of drug-likeness (QED) is 0.404. The summed E-state index contributed by atoms with van der Waals surface area (Å²) in [5, 5.41) is 13.9. The highest BCUT2D eigenvalue weighted by Gasteiger charge is 2.47. The van der Waals surface area contributed by atoms with Gasteiger partial charge in [0.2, 0.25) is 5.91 Å². The molecule has 6 nitrogen and oxygen atoms in total. The monoisotopic (exact) mass is 557 g/mol. The largest absolute Gasteiger partial charge is 0.497 e. The van der Waals surface area contributed by atoms with Crippen molar-refractivity contribution in [3.05, 3.63) is 64.1 Å². The average molecular weight is 559 g/mol. The van der Waals surface area contributed by atoms with Gasteiger partial charge >= 0.3 is 0 Å². The predicted octanol–water partition coefficient (Wildman–Crippen LogP) is 4.97. The van der Waals surface area contributed by atoms with Gasteiger partial charge in [-0.2, -0.15) is 0 Å². The van der Waals surface area contributed by atoms with Crippen LogP contribution in [0.2, 0.25) is 0 Å². The molecular formula is C29H40BrN3O3. The van der Waals surface area contributed by atoms with E-state index in [2.05, 4.69) is 55.3 Å². The number of carbonyl (C=O) groups excluding carboxylic acids is 1. The lowest BCUT2D eigenvalue weighted by atomic mass is 9.77. The first-order chi connectivity index (χ1) is 17.3. The number of methoxy groups -OCH3 is 1. The Morgan fingerprint density at radius 2 is 1.67 bits per heavy atom. The number of aliphatic hydroxyl groups is 1. The second kappa shape index (κ2) is 12.1. The van der Waals surface area contributed by atoms with E-state index >= 15 is 0 Å². The van der Waals surface area contributed by atoms with Crippen molar-refractivity contribution in [1.82, 2.24) is 15.1 Å². The first-order valence-corrected chi connectivity index (χ1v) is 13.9. The number of hydrogen-bond acceptors (Lipinski definition) is 5. The molecule has 2 unspecified atom stereocenters. The highest BCUT2D eigenvalue weighted by molar-refractivity contribution is 9.10. The summed E-state index contributed by atoms with van der Waals surface area (Å²) < 4.78 is 6.37. The van der Waals surface area contributed by atoms with Gasteiger partial charge in [-0.25, -0.2) is 0 Å². The van der Waals surface area contributed by atoms with Crippen LogP contribution in [-0.4, -0.2) is 60.3 Å². The van der Waals surface area contributed by atoms with E-state index in [0.717, 1.165) is 67.6 Å². The van der Waals surface area contributed by atoms with Crippen LogP contribution >= 0.6 is 15.9 Å². The lowest BCUT2D eigenvalue weighted by Gasteiger charge is -2.38. The minimum absolute atomic E-state index is 0.0544. The van der Waals surface area contributed by atoms with Gasteiger partial charge in [0.1, 0.15) is 12.0 Å². The molecule has 2 aliphatic rings. The van der Waals surface area contributed by atoms with Crippen LogP contribution in [0.15, 0.2) is 53.0 Å². The molecule has 2 aliphatic heterocycles. The van der Waals surface area contributed by atoms with E-state index in [9.17, 15) is 9.90 Å². The maximum Gasteiger partial charge on any atom is 0.229 e. The summed E-state index contributed by atoms with van der Waals surface area (Å²) in [6.07, 6.45) is 3.16. The number of nitrogens with zero attached hydrogens (tertiary/aromatic N) is 2. The molecule has 4 rings (SSSR count). The van der Waals surface area contributed by atoms with Crippen molar-refractivity contribution >= 4 is 21.8 Å². The standard InChI is InChI=1S/C29H40BrN3O3/c1-21(2)27(34)31-26(23-6-10-25(36-3)11-7-23)12-16-32-17-13-29(14-18-32)15-19-33(28(29)35)20-22-4-8-24(30)9-5-22/h4-11,21,26-27,31,34H,12-20H2,1-3H3. The second-order valence-electron chi connectivity index (χ2n) is 10.7. The van der Waals surface area contributed by atoms with Gasteiger partial charge in [-0.3, -0.25) is 10.1 Å². The number of rotatable bonds is 10. The SMILES string of the molecule is COc1ccc(C(CCN2CCC3(CC2)CCN(Cc2ccc(Br)cc2)C3=O)NC(O)C(C)C)cc1. The molecular weight excluding hydrogens is 518 g/mol. The summed E-state index contributed by atoms with van der Waals surface area (Å²) in [6.45, 7) is 8.41. The molecule has 0 saturated carbocycles. The molecule has 2 heterocycles. The molecule has 0 aromatic heterocycles. The zero-order chi connectivity index (χ0) is 25.7. The molecule has 7 heteroatoms. The van der Waals surface area contributed by atoms with Gasteiger partial charge in [-0.1, -0.05) is 54.0 Å². The number of likely N-dealkylation sites (tertiary alicyclic amines) is 2. The van der Waals surface area contributed by atoms with Crippen molar-refractivity contribution in [1.29, 1.82) is 0 Å². The molecule has 196 valence electrons. The zero-order valence-corrected chi connectivity index (χ0v) is 23.3. The number of benzene rings is 2. The molecule has 2 aromatic rings. The number of nitrogens with one attached hydrogen (secondary N) is 1. The molecule has 2 fully saturated rings. The number of amides is 1. The summed E-state index contributed by atoms with van der Waals surface area (Å²) in [4.78, 5) is 17.9. The van der Waals surface area contributed by atoms with Crippen LogP contribution in [-0.2, 0) is 11.3 Å². The molecule has 0 radical (unpaired) electrons. The van der Waals surface area contributed by atoms with E-state index in [1.807, 2.05) is 38.1 Å². The van der Waals surface area contributed by atoms with Crippen molar-refractivity contribution in [2.45, 2.75) is 58.3 Å². The maximum absolute atomic E-state index is 13.4. The van der Waals surface area contributed by atoms with E-state index < -0.39 is 6.23 Å². The Morgan fingerprint density at radius 1 is 1.03 bits per heavy atom. The molecule has 36 heavy (non-hydrogen) atoms. The summed E-state index contributed by atoms with van der Waals surface area (Å²) in [5.41, 5.74) is 2.15. The molecule has 2 aromatic carbocycles. The summed E-state index contributed by atoms with van der Waals surface area (Å²) in [7, 11) is 1.67. The van der Waals surface area contributed by atoms with Gasteiger partial charge in [0.25, 0.3) is 0 Å². The van der Waals surface area contributed by atoms with Crippen LogP contribution in [0.5, 0.6) is 5.75 Å². The van der Waals surface area contributed by atoms with Gasteiger partial charge in [0, 0.05) is 23.6 Å². The lowest BCUT2D eigenvalue weighted by molar-refractivity contribution is -0.138. The Kier molecular flexibility index (Phi) is 9.10. The third-order valence-electron chi connectivity index (χ3n) is 7.96. The number of piperidine rings is 1. The van der Waals surface area contributed by atoms with E-state index in [0.29, 0.717) is 12.5 Å². The highest BCUT2D eigenvalue weighted by atomic mass is 79.9. The van der Waals surface area contributed by atoms with Crippen molar-refractivity contribution in [3.63, 3.8) is 0 Å². The summed E-state index contributed by atoms with van der Waals surface area (Å²) >= 11 is 3.48. The van der Waals surface area contributed by atoms with Crippen LogP contribution in [0, 0.1) is 11.3 Å². The van der Waals surface area contributed by atoms with E-state index in [1.54, 1.807) is 7.11 Å². The summed E-state index contributed by atoms with van der Waals surface area (Å²) in [6, 6.07) is 16.4. The Bertz CT molecular complexity index is 988. The maximum atomic E-state index is 13.4. The van der Waals surface area contributed by atoms with Crippen LogP contribution in [0.4, 0.5) is 0 Å². The Labute approximate surface area is 224 Å². The normalized spacial score (nSPS) is 19.7. The molecule has 2 saturated heterocycles. The molecule has 2 N–H and O–H groups in total. The lowest BCUT2D eigenvalue weighted by Crippen LogP contribution is -2.45. The van der Waals surface area contributed by atoms with Gasteiger partial charge < -0.3 is 19.6 Å². The van der Waals surface area contributed by atoms with E-state index in [1.165, 1.54) is 5.56 Å². The van der Waals surface area contributed by atoms with Gasteiger partial charge in [-0.05, 0) is 86.6 Å². The first-order valence-electron chi connectivity index (χ1n) is 13.1. The minimum Gasteiger partial charge on any atom is -0.497 e. The van der Waals surface area contributed by atoms with Gasteiger partial charge in [0.05, 0.1) is 12.5 Å². The van der Waals surface area contributed by atoms with Crippen molar-refractivity contribution in [3.8, 4) is 5.75 Å². The highest BCUT2D eigenvalue weighted by Crippen LogP contribution is 2.42. The zero-order valence-electron chi connectivity index (χ0n) is 21.8. The third-order valence-corrected chi connectivity index (χ3v) is 8.49. The third kappa shape index (κ3) is 6.49. The first kappa shape index (κ1) is 27.1. The number of aliphatic hydroxyl groups excluding tert-OH is 1. The molecule has 0 aliphatic carbocycles. The number of halogens is 1. The predicted molar refractivity (Wildman–Crippen MR) is 147 cm³/mol. The Morgan fingerprint density at radius 3 is 2.28 bits per heavy atom. The fourth-order valence-electron chi connectivity index (χ4n) is 5.42. The molecule has 1 amide bonds. The number of carbonyl (C=O) groups is 1. The fourth-order valence-corrected chi connectivity index (χ4v) is 5.68. The van der Waals surface area contributed by atoms with Crippen LogP contribution < -0.4 is 10.1 Å². The molecule has 0 bridgehead atoms. The molecule has 1 spiro atoms. The van der Waals surface area contributed by atoms with Crippen molar-refractivity contribution in [2.75, 3.05) is 33.3 Å². The van der Waals surface area contributed by atoms with E-state index in [4.69, 9.17) is 4.74 Å². The van der Waals surface area contributed by atoms with Crippen molar-refractivity contribution in [2.24, 2.45) is 11.3 Å². The fraction of sp³-hybridized carbons (Fsp3) is 0.552. The number of ether oxygens (including phenoxy) is 1. The van der Waals surface area contributed by atoms with Crippen LogP contribution in [0.25, 0.3) is 0 Å². The Hall–Kier alpha value is -1.93. The molecule has 2 atom stereocenters. The number of hydrogen-bond donors (Lipinski definition) is 2. The van der Waals surface area contributed by atoms with E-state index in [-0.39, 0.29) is 17.4 Å². The van der Waals surface area contributed by atoms with Gasteiger partial charge in [-0.15, -0.1) is 0 Å². The van der Waals surface area contributed by atoms with Gasteiger partial charge in [0.15, 0.2) is 0 Å².